The van der Waals surface area contributed by atoms with Gasteiger partial charge in [-0.1, -0.05) is 30.3 Å². The van der Waals surface area contributed by atoms with Gasteiger partial charge in [-0.3, -0.25) is 14.7 Å². The van der Waals surface area contributed by atoms with E-state index in [-0.39, 0.29) is 5.91 Å². The third kappa shape index (κ3) is 6.35. The number of nitrogens with zero attached hydrogens (tertiary/aromatic N) is 3. The molecule has 1 aliphatic heterocycles. The maximum Gasteiger partial charge on any atom is 0.269 e. The molecule has 4 rings (SSSR count). The normalized spacial score (nSPS) is 14.1. The van der Waals surface area contributed by atoms with Gasteiger partial charge in [-0.15, -0.1) is 0 Å². The number of anilines is 1. The van der Waals surface area contributed by atoms with Gasteiger partial charge in [-0.25, -0.2) is 0 Å². The summed E-state index contributed by atoms with van der Waals surface area (Å²) >= 11 is 0. The van der Waals surface area contributed by atoms with Gasteiger partial charge in [0.25, 0.3) is 5.91 Å². The molecule has 0 spiro atoms. The van der Waals surface area contributed by atoms with Gasteiger partial charge in [0.05, 0.1) is 6.61 Å². The van der Waals surface area contributed by atoms with E-state index in [2.05, 4.69) is 70.3 Å². The molecule has 0 atom stereocenters. The number of aromatic nitrogens is 1. The first-order valence-corrected chi connectivity index (χ1v) is 12.0. The molecule has 0 saturated carbocycles. The summed E-state index contributed by atoms with van der Waals surface area (Å²) in [5.41, 5.74) is 5.81. The summed E-state index contributed by atoms with van der Waals surface area (Å²) in [6.45, 7) is 10.6. The molecule has 34 heavy (non-hydrogen) atoms. The first-order valence-electron chi connectivity index (χ1n) is 12.0. The lowest BCUT2D eigenvalue weighted by molar-refractivity contribution is 0.0946. The van der Waals surface area contributed by atoms with Crippen molar-refractivity contribution in [1.29, 1.82) is 0 Å². The van der Waals surface area contributed by atoms with Crippen molar-refractivity contribution in [2.75, 3.05) is 44.2 Å². The van der Waals surface area contributed by atoms with Gasteiger partial charge in [0.1, 0.15) is 11.4 Å². The number of nitrogens with one attached hydrogen (secondary N) is 1. The first-order chi connectivity index (χ1) is 16.6. The fourth-order valence-electron chi connectivity index (χ4n) is 4.27. The number of aryl methyl sites for hydroxylation is 1. The van der Waals surface area contributed by atoms with Crippen molar-refractivity contribution < 1.29 is 9.53 Å². The highest BCUT2D eigenvalue weighted by molar-refractivity contribution is 5.92. The Hall–Kier alpha value is -3.38. The largest absolute Gasteiger partial charge is 0.494 e. The number of pyridine rings is 1. The van der Waals surface area contributed by atoms with Crippen molar-refractivity contribution in [3.8, 4) is 5.75 Å². The molecule has 3 aromatic rings. The van der Waals surface area contributed by atoms with Crippen LogP contribution in [0, 0.1) is 13.8 Å². The van der Waals surface area contributed by atoms with E-state index in [1.54, 1.807) is 18.3 Å². The van der Waals surface area contributed by atoms with Crippen LogP contribution in [-0.2, 0) is 6.54 Å². The van der Waals surface area contributed by atoms with Crippen molar-refractivity contribution >= 4 is 11.6 Å². The Bertz CT molecular complexity index is 1080. The minimum Gasteiger partial charge on any atom is -0.494 e. The molecular weight excluding hydrogens is 424 g/mol. The van der Waals surface area contributed by atoms with Crippen LogP contribution in [0.15, 0.2) is 66.9 Å². The van der Waals surface area contributed by atoms with E-state index in [4.69, 9.17) is 4.74 Å². The number of carbonyl (C=O) groups is 1. The summed E-state index contributed by atoms with van der Waals surface area (Å²) in [6.07, 6.45) is 2.36. The molecule has 1 amide bonds. The number of hydrogen-bond acceptors (Lipinski definition) is 5. The van der Waals surface area contributed by atoms with Gasteiger partial charge >= 0.3 is 0 Å². The van der Waals surface area contributed by atoms with Gasteiger partial charge in [-0.2, -0.15) is 0 Å². The molecule has 1 saturated heterocycles. The third-order valence-electron chi connectivity index (χ3n) is 6.37. The second kappa shape index (κ2) is 11.7. The number of rotatable bonds is 9. The van der Waals surface area contributed by atoms with Crippen molar-refractivity contribution in [2.45, 2.75) is 26.8 Å². The highest BCUT2D eigenvalue weighted by Crippen LogP contribution is 2.24. The molecular formula is C28H34N4O2. The number of hydrogen-bond donors (Lipinski definition) is 1. The van der Waals surface area contributed by atoms with Crippen LogP contribution in [0.2, 0.25) is 0 Å². The van der Waals surface area contributed by atoms with E-state index in [0.717, 1.165) is 44.9 Å². The topological polar surface area (TPSA) is 57.7 Å². The van der Waals surface area contributed by atoms with E-state index in [9.17, 15) is 4.79 Å². The lowest BCUT2D eigenvalue weighted by atomic mass is 10.1. The van der Waals surface area contributed by atoms with Crippen LogP contribution in [-0.4, -0.2) is 55.1 Å². The monoisotopic (exact) mass is 458 g/mol. The first kappa shape index (κ1) is 23.8. The van der Waals surface area contributed by atoms with Crippen LogP contribution in [0.5, 0.6) is 5.75 Å². The van der Waals surface area contributed by atoms with Gasteiger partial charge in [0.2, 0.25) is 0 Å². The fraction of sp³-hybridized carbons (Fsp3) is 0.357. The zero-order valence-electron chi connectivity index (χ0n) is 20.2. The SMILES string of the molecule is Cc1cccc(N2CCN(Cc3cccc(OCCCNC(=O)c4ccccn4)c3)CC2)c1C. The lowest BCUT2D eigenvalue weighted by Gasteiger charge is -2.37. The van der Waals surface area contributed by atoms with Crippen LogP contribution in [0.25, 0.3) is 0 Å². The minimum atomic E-state index is -0.153. The van der Waals surface area contributed by atoms with Crippen molar-refractivity contribution in [3.63, 3.8) is 0 Å². The van der Waals surface area contributed by atoms with Crippen LogP contribution in [0.1, 0.15) is 33.6 Å². The zero-order valence-corrected chi connectivity index (χ0v) is 20.2. The number of carbonyl (C=O) groups excluding carboxylic acids is 1. The minimum absolute atomic E-state index is 0.153. The molecule has 2 aromatic carbocycles. The summed E-state index contributed by atoms with van der Waals surface area (Å²) in [6, 6.07) is 20.2. The number of ether oxygens (including phenoxy) is 1. The van der Waals surface area contributed by atoms with Gasteiger partial charge in [-0.05, 0) is 67.3 Å². The third-order valence-corrected chi connectivity index (χ3v) is 6.37. The molecule has 0 bridgehead atoms. The molecule has 6 heteroatoms. The van der Waals surface area contributed by atoms with Crippen molar-refractivity contribution in [1.82, 2.24) is 15.2 Å². The molecule has 0 unspecified atom stereocenters. The van der Waals surface area contributed by atoms with E-state index in [1.807, 2.05) is 12.1 Å². The van der Waals surface area contributed by atoms with E-state index < -0.39 is 0 Å². The Morgan fingerprint density at radius 3 is 2.62 bits per heavy atom. The van der Waals surface area contributed by atoms with Crippen molar-refractivity contribution in [2.24, 2.45) is 0 Å². The highest BCUT2D eigenvalue weighted by Gasteiger charge is 2.19. The highest BCUT2D eigenvalue weighted by atomic mass is 16.5. The maximum absolute atomic E-state index is 12.0. The zero-order chi connectivity index (χ0) is 23.8. The van der Waals surface area contributed by atoms with Gasteiger partial charge in [0.15, 0.2) is 0 Å². The molecule has 2 heterocycles. The molecule has 1 N–H and O–H groups in total. The average molecular weight is 459 g/mol. The van der Waals surface area contributed by atoms with Crippen LogP contribution >= 0.6 is 0 Å². The van der Waals surface area contributed by atoms with Gasteiger partial charge in [0, 0.05) is 51.2 Å². The summed E-state index contributed by atoms with van der Waals surface area (Å²) < 4.78 is 5.93. The average Bonchev–Trinajstić information content (AvgIpc) is 2.87. The van der Waals surface area contributed by atoms with Crippen LogP contribution in [0.4, 0.5) is 5.69 Å². The number of piperazine rings is 1. The van der Waals surface area contributed by atoms with Gasteiger partial charge < -0.3 is 15.0 Å². The Morgan fingerprint density at radius 2 is 1.82 bits per heavy atom. The summed E-state index contributed by atoms with van der Waals surface area (Å²) in [5, 5.41) is 2.88. The smallest absolute Gasteiger partial charge is 0.269 e. The molecule has 6 nitrogen and oxygen atoms in total. The molecule has 178 valence electrons. The Balaban J connectivity index is 1.19. The van der Waals surface area contributed by atoms with Crippen LogP contribution in [0.3, 0.4) is 0 Å². The molecule has 0 radical (unpaired) electrons. The number of benzene rings is 2. The Kier molecular flexibility index (Phi) is 8.15. The molecule has 1 aromatic heterocycles. The molecule has 1 fully saturated rings. The maximum atomic E-state index is 12.0. The predicted octanol–water partition coefficient (Wildman–Crippen LogP) is 4.22. The lowest BCUT2D eigenvalue weighted by Crippen LogP contribution is -2.46. The van der Waals surface area contributed by atoms with Crippen molar-refractivity contribution in [3.05, 3.63) is 89.2 Å². The second-order valence-electron chi connectivity index (χ2n) is 8.80. The Morgan fingerprint density at radius 1 is 1.00 bits per heavy atom. The quantitative estimate of drug-likeness (QED) is 0.487. The molecule has 1 aliphatic rings. The number of amides is 1. The predicted molar refractivity (Wildman–Crippen MR) is 137 cm³/mol. The standard InChI is InChI=1S/C28H34N4O2/c1-22-8-5-12-27(23(22)2)32-17-15-31(16-18-32)21-24-9-6-10-25(20-24)34-19-7-14-30-28(33)26-11-3-4-13-29-26/h3-6,8-13,20H,7,14-19,21H2,1-2H3,(H,30,33). The van der Waals surface area contributed by atoms with Crippen LogP contribution < -0.4 is 15.0 Å². The summed E-state index contributed by atoms with van der Waals surface area (Å²) in [4.78, 5) is 21.1. The summed E-state index contributed by atoms with van der Waals surface area (Å²) in [5.74, 6) is 0.725. The molecule has 0 aliphatic carbocycles. The summed E-state index contributed by atoms with van der Waals surface area (Å²) in [7, 11) is 0. The van der Waals surface area contributed by atoms with E-state index in [0.29, 0.717) is 18.8 Å². The van der Waals surface area contributed by atoms with E-state index in [1.165, 1.54) is 22.4 Å². The van der Waals surface area contributed by atoms with E-state index >= 15 is 0 Å². The fourth-order valence-corrected chi connectivity index (χ4v) is 4.27. The Labute approximate surface area is 202 Å². The second-order valence-corrected chi connectivity index (χ2v) is 8.80.